The van der Waals surface area contributed by atoms with E-state index in [4.69, 9.17) is 4.98 Å². The van der Waals surface area contributed by atoms with Gasteiger partial charge in [-0.1, -0.05) is 0 Å². The molecule has 35 heavy (non-hydrogen) atoms. The van der Waals surface area contributed by atoms with Crippen LogP contribution in [0.1, 0.15) is 5.56 Å². The van der Waals surface area contributed by atoms with Gasteiger partial charge in [0.2, 0.25) is 0 Å². The van der Waals surface area contributed by atoms with Gasteiger partial charge < -0.3 is 10.6 Å². The fourth-order valence-corrected chi connectivity index (χ4v) is 3.54. The number of hydrogen-bond donors (Lipinski definition) is 3. The third kappa shape index (κ3) is 5.11. The third-order valence-corrected chi connectivity index (χ3v) is 5.27. The van der Waals surface area contributed by atoms with Crippen LogP contribution in [0.25, 0.3) is 33.7 Å². The summed E-state index contributed by atoms with van der Waals surface area (Å²) in [4.78, 5) is 26.0. The first-order valence-electron chi connectivity index (χ1n) is 10.8. The highest BCUT2D eigenvalue weighted by molar-refractivity contribution is 5.92. The van der Waals surface area contributed by atoms with Gasteiger partial charge in [-0.15, -0.1) is 0 Å². The van der Waals surface area contributed by atoms with Gasteiger partial charge in [0.15, 0.2) is 5.65 Å². The van der Waals surface area contributed by atoms with E-state index in [1.165, 1.54) is 30.5 Å². The largest absolute Gasteiger partial charge is 0.338 e. The second-order valence-electron chi connectivity index (χ2n) is 7.74. The van der Waals surface area contributed by atoms with Crippen LogP contribution in [0.3, 0.4) is 0 Å². The molecule has 0 aliphatic rings. The summed E-state index contributed by atoms with van der Waals surface area (Å²) in [7, 11) is 0. The molecule has 174 valence electrons. The standard InChI is InChI=1S/C25H19F2N7O/c26-18-5-1-16(2-6-18)22-23(17-3-7-19(27)8-4-17)34-24-21(33-22)11-20(14-29-24)32-25(35)28-10-9-15-12-30-31-13-15/h1-8,11-14H,9-10H2,(H,30,31)(H2,28,32,35). The van der Waals surface area contributed by atoms with Gasteiger partial charge in [-0.25, -0.2) is 28.5 Å². The molecule has 0 bridgehead atoms. The SMILES string of the molecule is O=C(NCCc1cn[nH]c1)Nc1cnc2nc(-c3ccc(F)cc3)c(-c3ccc(F)cc3)nc2c1. The number of benzene rings is 2. The number of aromatic amines is 1. The summed E-state index contributed by atoms with van der Waals surface area (Å²) in [6, 6.07) is 13.0. The summed E-state index contributed by atoms with van der Waals surface area (Å²) in [5.41, 5.74) is 4.44. The lowest BCUT2D eigenvalue weighted by Gasteiger charge is -2.12. The number of rotatable bonds is 6. The van der Waals surface area contributed by atoms with Crippen molar-refractivity contribution in [2.24, 2.45) is 0 Å². The van der Waals surface area contributed by atoms with E-state index >= 15 is 0 Å². The number of carbonyl (C=O) groups is 1. The molecular weight excluding hydrogens is 452 g/mol. The summed E-state index contributed by atoms with van der Waals surface area (Å²) in [6.07, 6.45) is 5.59. The van der Waals surface area contributed by atoms with Crippen LogP contribution in [0.5, 0.6) is 0 Å². The first-order chi connectivity index (χ1) is 17.0. The summed E-state index contributed by atoms with van der Waals surface area (Å²) in [6.45, 7) is 0.432. The first kappa shape index (κ1) is 22.1. The second kappa shape index (κ2) is 9.64. The molecule has 2 aromatic carbocycles. The van der Waals surface area contributed by atoms with Crippen LogP contribution in [0.2, 0.25) is 0 Å². The molecule has 0 atom stereocenters. The third-order valence-electron chi connectivity index (χ3n) is 5.27. The van der Waals surface area contributed by atoms with Gasteiger partial charge in [0.05, 0.1) is 29.5 Å². The van der Waals surface area contributed by atoms with Crippen LogP contribution in [0.4, 0.5) is 19.3 Å². The number of amides is 2. The Labute approximate surface area is 198 Å². The van der Waals surface area contributed by atoms with Crippen LogP contribution >= 0.6 is 0 Å². The molecule has 3 N–H and O–H groups in total. The zero-order valence-corrected chi connectivity index (χ0v) is 18.3. The Kier molecular flexibility index (Phi) is 6.08. The highest BCUT2D eigenvalue weighted by Gasteiger charge is 2.15. The number of nitrogens with one attached hydrogen (secondary N) is 3. The molecule has 0 radical (unpaired) electrons. The summed E-state index contributed by atoms with van der Waals surface area (Å²) < 4.78 is 27.0. The number of anilines is 1. The molecule has 5 aromatic rings. The van der Waals surface area contributed by atoms with Gasteiger partial charge in [0.1, 0.15) is 17.2 Å². The maximum Gasteiger partial charge on any atom is 0.319 e. The monoisotopic (exact) mass is 471 g/mol. The highest BCUT2D eigenvalue weighted by Crippen LogP contribution is 2.31. The summed E-state index contributed by atoms with van der Waals surface area (Å²) >= 11 is 0. The predicted molar refractivity (Wildman–Crippen MR) is 127 cm³/mol. The minimum Gasteiger partial charge on any atom is -0.338 e. The van der Waals surface area contributed by atoms with Crippen molar-refractivity contribution in [3.8, 4) is 22.5 Å². The van der Waals surface area contributed by atoms with Crippen molar-refractivity contribution in [3.05, 3.63) is 90.4 Å². The van der Waals surface area contributed by atoms with Gasteiger partial charge in [-0.05, 0) is 66.6 Å². The second-order valence-corrected chi connectivity index (χ2v) is 7.74. The zero-order valence-electron chi connectivity index (χ0n) is 18.3. The smallest absolute Gasteiger partial charge is 0.319 e. The van der Waals surface area contributed by atoms with Crippen LogP contribution in [-0.4, -0.2) is 37.7 Å². The molecule has 0 aliphatic carbocycles. The predicted octanol–water partition coefficient (Wildman–Crippen LogP) is 4.72. The molecule has 10 heteroatoms. The topological polar surface area (TPSA) is 108 Å². The van der Waals surface area contributed by atoms with E-state index in [0.717, 1.165) is 5.56 Å². The molecule has 2 amide bonds. The number of pyridine rings is 1. The molecule has 0 unspecified atom stereocenters. The number of nitrogens with zero attached hydrogens (tertiary/aromatic N) is 4. The van der Waals surface area contributed by atoms with Gasteiger partial charge in [0.25, 0.3) is 0 Å². The Hall–Kier alpha value is -4.73. The highest BCUT2D eigenvalue weighted by atomic mass is 19.1. The van der Waals surface area contributed by atoms with Crippen molar-refractivity contribution in [2.75, 3.05) is 11.9 Å². The summed E-state index contributed by atoms with van der Waals surface area (Å²) in [5, 5.41) is 12.1. The van der Waals surface area contributed by atoms with Gasteiger partial charge in [0, 0.05) is 23.9 Å². The lowest BCUT2D eigenvalue weighted by Crippen LogP contribution is -2.30. The molecule has 8 nitrogen and oxygen atoms in total. The number of fused-ring (bicyclic) bond motifs is 1. The minimum atomic E-state index is -0.385. The average molecular weight is 471 g/mol. The van der Waals surface area contributed by atoms with E-state index in [9.17, 15) is 13.6 Å². The van der Waals surface area contributed by atoms with Crippen molar-refractivity contribution in [3.63, 3.8) is 0 Å². The Bertz CT molecular complexity index is 1470. The molecule has 5 rings (SSSR count). The van der Waals surface area contributed by atoms with Crippen molar-refractivity contribution in [1.29, 1.82) is 0 Å². The number of aromatic nitrogens is 5. The van der Waals surface area contributed by atoms with Crippen molar-refractivity contribution >= 4 is 22.9 Å². The van der Waals surface area contributed by atoms with Crippen LogP contribution in [0.15, 0.2) is 73.2 Å². The van der Waals surface area contributed by atoms with Crippen LogP contribution < -0.4 is 10.6 Å². The number of carbonyl (C=O) groups excluding carboxylic acids is 1. The van der Waals surface area contributed by atoms with Crippen molar-refractivity contribution in [2.45, 2.75) is 6.42 Å². The Balaban J connectivity index is 1.44. The lowest BCUT2D eigenvalue weighted by atomic mass is 10.0. The van der Waals surface area contributed by atoms with E-state index in [-0.39, 0.29) is 17.7 Å². The molecule has 0 saturated carbocycles. The molecule has 0 fully saturated rings. The molecule has 0 spiro atoms. The first-order valence-corrected chi connectivity index (χ1v) is 10.8. The van der Waals surface area contributed by atoms with Crippen LogP contribution in [0, 0.1) is 11.6 Å². The normalized spacial score (nSPS) is 10.9. The molecule has 0 aliphatic heterocycles. The number of hydrogen-bond acceptors (Lipinski definition) is 5. The molecule has 3 aromatic heterocycles. The summed E-state index contributed by atoms with van der Waals surface area (Å²) in [5.74, 6) is -0.750. The van der Waals surface area contributed by atoms with Gasteiger partial charge in [-0.3, -0.25) is 5.10 Å². The molecular formula is C25H19F2N7O. The Morgan fingerprint density at radius 2 is 1.54 bits per heavy atom. The minimum absolute atomic E-state index is 0.348. The number of halogens is 2. The van der Waals surface area contributed by atoms with Crippen LogP contribution in [-0.2, 0) is 6.42 Å². The van der Waals surface area contributed by atoms with E-state index < -0.39 is 0 Å². The van der Waals surface area contributed by atoms with Gasteiger partial charge in [-0.2, -0.15) is 5.10 Å². The average Bonchev–Trinajstić information content (AvgIpc) is 3.38. The number of H-pyrrole nitrogens is 1. The van der Waals surface area contributed by atoms with Crippen molar-refractivity contribution in [1.82, 2.24) is 30.5 Å². The zero-order chi connectivity index (χ0) is 24.2. The van der Waals surface area contributed by atoms with Crippen molar-refractivity contribution < 1.29 is 13.6 Å². The Morgan fingerprint density at radius 3 is 2.17 bits per heavy atom. The van der Waals surface area contributed by atoms with E-state index in [1.807, 2.05) is 0 Å². The van der Waals surface area contributed by atoms with Gasteiger partial charge >= 0.3 is 6.03 Å². The van der Waals surface area contributed by atoms with E-state index in [1.54, 1.807) is 42.7 Å². The number of urea groups is 1. The fraction of sp³-hybridized carbons (Fsp3) is 0.0800. The molecule has 3 heterocycles. The fourth-order valence-electron chi connectivity index (χ4n) is 3.54. The van der Waals surface area contributed by atoms with E-state index in [2.05, 4.69) is 30.8 Å². The molecule has 0 saturated heterocycles. The lowest BCUT2D eigenvalue weighted by molar-refractivity contribution is 0.252. The maximum absolute atomic E-state index is 13.5. The Morgan fingerprint density at radius 1 is 0.886 bits per heavy atom. The quantitative estimate of drug-likeness (QED) is 0.332. The maximum atomic E-state index is 13.5. The van der Waals surface area contributed by atoms with E-state index in [0.29, 0.717) is 52.3 Å².